The van der Waals surface area contributed by atoms with E-state index in [2.05, 4.69) is 5.32 Å². The van der Waals surface area contributed by atoms with Crippen molar-refractivity contribution in [2.45, 2.75) is 19.0 Å². The summed E-state index contributed by atoms with van der Waals surface area (Å²) in [7, 11) is 1.77. The van der Waals surface area contributed by atoms with Crippen LogP contribution in [0.3, 0.4) is 0 Å². The van der Waals surface area contributed by atoms with Crippen LogP contribution in [-0.4, -0.2) is 56.5 Å². The predicted octanol–water partition coefficient (Wildman–Crippen LogP) is -2.08. The van der Waals surface area contributed by atoms with E-state index in [1.807, 2.05) is 6.92 Å². The minimum atomic E-state index is -0.216. The highest BCUT2D eigenvalue weighted by Crippen LogP contribution is 1.93. The van der Waals surface area contributed by atoms with Gasteiger partial charge in [0.15, 0.2) is 0 Å². The van der Waals surface area contributed by atoms with Crippen molar-refractivity contribution in [1.29, 1.82) is 0 Å². The van der Waals surface area contributed by atoms with Crippen LogP contribution in [0.15, 0.2) is 0 Å². The second-order valence-corrected chi connectivity index (χ2v) is 2.74. The summed E-state index contributed by atoms with van der Waals surface area (Å²) in [6, 6.07) is -0.208. The van der Waals surface area contributed by atoms with Gasteiger partial charge in [0.1, 0.15) is 7.85 Å². The summed E-state index contributed by atoms with van der Waals surface area (Å²) < 4.78 is 5.29. The van der Waals surface area contributed by atoms with Gasteiger partial charge in [0.05, 0.1) is 19.3 Å². The van der Waals surface area contributed by atoms with Gasteiger partial charge in [0.25, 0.3) is 0 Å². The lowest BCUT2D eigenvalue weighted by Gasteiger charge is -2.19. The first-order chi connectivity index (χ1) is 5.74. The van der Waals surface area contributed by atoms with Gasteiger partial charge in [0.2, 0.25) is 0 Å². The summed E-state index contributed by atoms with van der Waals surface area (Å²) in [6.07, 6.45) is -0.216. The molecule has 0 aliphatic heterocycles. The van der Waals surface area contributed by atoms with Crippen molar-refractivity contribution >= 4 is 7.85 Å². The summed E-state index contributed by atoms with van der Waals surface area (Å²) in [4.78, 5) is 0. The highest BCUT2D eigenvalue weighted by molar-refractivity contribution is 6.11. The molecule has 0 saturated heterocycles. The minimum absolute atomic E-state index is 0.0113. The number of ether oxygens (including phenoxy) is 1. The van der Waals surface area contributed by atoms with Gasteiger partial charge < -0.3 is 20.3 Å². The van der Waals surface area contributed by atoms with E-state index in [9.17, 15) is 0 Å². The SMILES string of the molecule is B[C@@H](CO)O[C@@H](CO)CNCC. The first-order valence-electron chi connectivity index (χ1n) is 4.32. The molecule has 3 N–H and O–H groups in total. The quantitative estimate of drug-likeness (QED) is 0.389. The fraction of sp³-hybridized carbons (Fsp3) is 1.00. The highest BCUT2D eigenvalue weighted by atomic mass is 16.5. The van der Waals surface area contributed by atoms with Crippen LogP contribution in [0.1, 0.15) is 6.92 Å². The molecule has 0 bridgehead atoms. The first-order valence-corrected chi connectivity index (χ1v) is 4.32. The number of hydrogen-bond acceptors (Lipinski definition) is 4. The van der Waals surface area contributed by atoms with Crippen LogP contribution in [0.4, 0.5) is 0 Å². The van der Waals surface area contributed by atoms with Gasteiger partial charge >= 0.3 is 0 Å². The van der Waals surface area contributed by atoms with Crippen molar-refractivity contribution in [2.75, 3.05) is 26.3 Å². The third-order valence-corrected chi connectivity index (χ3v) is 1.51. The second kappa shape index (κ2) is 7.55. The van der Waals surface area contributed by atoms with Crippen molar-refractivity contribution in [3.8, 4) is 0 Å². The normalized spacial score (nSPS) is 15.9. The maximum atomic E-state index is 8.85. The average Bonchev–Trinajstić information content (AvgIpc) is 2.11. The van der Waals surface area contributed by atoms with Crippen LogP contribution in [0, 0.1) is 0 Å². The number of hydrogen-bond donors (Lipinski definition) is 3. The molecule has 0 aromatic rings. The van der Waals surface area contributed by atoms with Crippen molar-refractivity contribution in [3.63, 3.8) is 0 Å². The fourth-order valence-corrected chi connectivity index (χ4v) is 0.833. The molecule has 12 heavy (non-hydrogen) atoms. The molecule has 0 aliphatic carbocycles. The molecule has 0 unspecified atom stereocenters. The van der Waals surface area contributed by atoms with Crippen LogP contribution in [0.5, 0.6) is 0 Å². The van der Waals surface area contributed by atoms with Crippen LogP contribution >= 0.6 is 0 Å². The molecule has 5 heteroatoms. The number of aliphatic hydroxyl groups excluding tert-OH is 2. The molecule has 0 aromatic heterocycles. The Balaban J connectivity index is 3.51. The Morgan fingerprint density at radius 3 is 2.50 bits per heavy atom. The lowest BCUT2D eigenvalue weighted by Crippen LogP contribution is -2.36. The van der Waals surface area contributed by atoms with E-state index in [0.29, 0.717) is 6.54 Å². The van der Waals surface area contributed by atoms with Crippen molar-refractivity contribution < 1.29 is 14.9 Å². The number of likely N-dealkylation sites (N-methyl/N-ethyl adjacent to an activating group) is 1. The summed E-state index contributed by atoms with van der Waals surface area (Å²) >= 11 is 0. The van der Waals surface area contributed by atoms with E-state index in [0.717, 1.165) is 6.54 Å². The zero-order chi connectivity index (χ0) is 9.40. The third-order valence-electron chi connectivity index (χ3n) is 1.51. The zero-order valence-corrected chi connectivity index (χ0v) is 7.79. The summed E-state index contributed by atoms with van der Waals surface area (Å²) in [6.45, 7) is 3.44. The van der Waals surface area contributed by atoms with Crippen molar-refractivity contribution in [1.82, 2.24) is 5.32 Å². The van der Waals surface area contributed by atoms with Crippen LogP contribution in [-0.2, 0) is 4.74 Å². The Bertz CT molecular complexity index is 105. The molecule has 72 valence electrons. The lowest BCUT2D eigenvalue weighted by molar-refractivity contribution is -0.0225. The van der Waals surface area contributed by atoms with Gasteiger partial charge in [-0.2, -0.15) is 0 Å². The van der Waals surface area contributed by atoms with E-state index in [-0.39, 0.29) is 25.3 Å². The molecule has 0 fully saturated rings. The molecular formula is C7H18BNO3. The zero-order valence-electron chi connectivity index (χ0n) is 7.79. The summed E-state index contributed by atoms with van der Waals surface area (Å²) in [5.74, 6) is 0. The maximum absolute atomic E-state index is 8.85. The average molecular weight is 175 g/mol. The Morgan fingerprint density at radius 2 is 2.08 bits per heavy atom. The molecule has 2 atom stereocenters. The molecule has 0 amide bonds. The van der Waals surface area contributed by atoms with Gasteiger partial charge in [-0.3, -0.25) is 0 Å². The Labute approximate surface area is 74.3 Å². The van der Waals surface area contributed by atoms with Gasteiger partial charge in [-0.05, 0) is 6.54 Å². The smallest absolute Gasteiger partial charge is 0.142 e. The molecule has 0 aliphatic rings. The predicted molar refractivity (Wildman–Crippen MR) is 49.9 cm³/mol. The van der Waals surface area contributed by atoms with E-state index < -0.39 is 0 Å². The highest BCUT2D eigenvalue weighted by Gasteiger charge is 2.10. The standard InChI is InChI=1S/C7H18BNO3/c1-2-9-3-6(4-10)12-7(8)5-11/h6-7,9-11H,2-5,8H2,1H3/t6-,7-/m1/s1. The van der Waals surface area contributed by atoms with Crippen LogP contribution < -0.4 is 5.32 Å². The van der Waals surface area contributed by atoms with E-state index in [4.69, 9.17) is 14.9 Å². The monoisotopic (exact) mass is 175 g/mol. The van der Waals surface area contributed by atoms with Crippen LogP contribution in [0.25, 0.3) is 0 Å². The Morgan fingerprint density at radius 1 is 1.42 bits per heavy atom. The van der Waals surface area contributed by atoms with E-state index in [1.54, 1.807) is 7.85 Å². The van der Waals surface area contributed by atoms with Crippen LogP contribution in [0.2, 0.25) is 0 Å². The van der Waals surface area contributed by atoms with E-state index in [1.165, 1.54) is 0 Å². The molecule has 4 nitrogen and oxygen atoms in total. The topological polar surface area (TPSA) is 61.7 Å². The molecule has 0 aromatic carbocycles. The van der Waals surface area contributed by atoms with Crippen molar-refractivity contribution in [3.05, 3.63) is 0 Å². The van der Waals surface area contributed by atoms with Crippen molar-refractivity contribution in [2.24, 2.45) is 0 Å². The molecule has 0 heterocycles. The number of nitrogens with one attached hydrogen (secondary N) is 1. The third kappa shape index (κ3) is 5.54. The van der Waals surface area contributed by atoms with Gasteiger partial charge in [-0.1, -0.05) is 6.92 Å². The maximum Gasteiger partial charge on any atom is 0.142 e. The fourth-order valence-electron chi connectivity index (χ4n) is 0.833. The summed E-state index contributed by atoms with van der Waals surface area (Å²) in [5.41, 5.74) is 0. The Hall–Kier alpha value is -0.0951. The minimum Gasteiger partial charge on any atom is -0.394 e. The van der Waals surface area contributed by atoms with Gasteiger partial charge in [-0.15, -0.1) is 0 Å². The van der Waals surface area contributed by atoms with Gasteiger partial charge in [0, 0.05) is 12.5 Å². The largest absolute Gasteiger partial charge is 0.394 e. The second-order valence-electron chi connectivity index (χ2n) is 2.74. The number of rotatable bonds is 7. The van der Waals surface area contributed by atoms with E-state index >= 15 is 0 Å². The van der Waals surface area contributed by atoms with Gasteiger partial charge in [-0.25, -0.2) is 0 Å². The molecule has 0 spiro atoms. The summed E-state index contributed by atoms with van der Waals surface area (Å²) in [5, 5.41) is 20.6. The Kier molecular flexibility index (Phi) is 7.49. The first kappa shape index (κ1) is 11.9. The molecule has 0 saturated carbocycles. The number of aliphatic hydroxyl groups is 2. The lowest BCUT2D eigenvalue weighted by atomic mass is 10.0. The molecule has 0 rings (SSSR count). The molecule has 0 radical (unpaired) electrons. The molecular weight excluding hydrogens is 157 g/mol.